The lowest BCUT2D eigenvalue weighted by Crippen LogP contribution is -2.43. The zero-order valence-corrected chi connectivity index (χ0v) is 19.8. The molecule has 31 heavy (non-hydrogen) atoms. The van der Waals surface area contributed by atoms with E-state index in [-0.39, 0.29) is 6.04 Å². The van der Waals surface area contributed by atoms with Crippen molar-refractivity contribution in [2.75, 3.05) is 19.4 Å². The van der Waals surface area contributed by atoms with E-state index in [9.17, 15) is 8.42 Å². The lowest BCUT2D eigenvalue weighted by molar-refractivity contribution is 0.0500. The van der Waals surface area contributed by atoms with E-state index in [1.165, 1.54) is 6.26 Å². The van der Waals surface area contributed by atoms with Crippen LogP contribution in [0.4, 0.5) is 0 Å². The fourth-order valence-electron chi connectivity index (χ4n) is 4.02. The number of benzene rings is 1. The van der Waals surface area contributed by atoms with Crippen molar-refractivity contribution < 1.29 is 17.9 Å². The molecule has 1 aliphatic rings. The molecule has 0 N–H and O–H groups in total. The first-order chi connectivity index (χ1) is 14.7. The van der Waals surface area contributed by atoms with Crippen LogP contribution in [0.1, 0.15) is 63.6 Å². The van der Waals surface area contributed by atoms with Crippen molar-refractivity contribution in [2.24, 2.45) is 0 Å². The number of sulfonamides is 1. The van der Waals surface area contributed by atoms with Crippen LogP contribution in [0.25, 0.3) is 0 Å². The average molecular weight is 447 g/mol. The van der Waals surface area contributed by atoms with E-state index < -0.39 is 15.6 Å². The molecule has 2 heterocycles. The van der Waals surface area contributed by atoms with Crippen LogP contribution in [-0.2, 0) is 16.4 Å². The van der Waals surface area contributed by atoms with Gasteiger partial charge in [0.1, 0.15) is 17.1 Å². The van der Waals surface area contributed by atoms with Crippen LogP contribution in [0.3, 0.4) is 0 Å². The first-order valence-corrected chi connectivity index (χ1v) is 12.9. The Bertz CT molecular complexity index is 961. The fourth-order valence-corrected chi connectivity index (χ4v) is 5.13. The Kier molecular flexibility index (Phi) is 7.59. The smallest absolute Gasteiger partial charge is 0.211 e. The Morgan fingerprint density at radius 3 is 2.61 bits per heavy atom. The van der Waals surface area contributed by atoms with Crippen LogP contribution in [0.15, 0.2) is 42.7 Å². The quantitative estimate of drug-likeness (QED) is 0.492. The molecule has 2 aromatic rings. The maximum absolute atomic E-state index is 12.8. The summed E-state index contributed by atoms with van der Waals surface area (Å²) in [7, 11) is -3.42. The monoisotopic (exact) mass is 446 g/mol. The van der Waals surface area contributed by atoms with Gasteiger partial charge in [0.05, 0.1) is 18.9 Å². The van der Waals surface area contributed by atoms with Crippen LogP contribution in [0.5, 0.6) is 11.5 Å². The van der Waals surface area contributed by atoms with Crippen LogP contribution >= 0.6 is 0 Å². The van der Waals surface area contributed by atoms with E-state index in [1.54, 1.807) is 16.7 Å². The lowest BCUT2D eigenvalue weighted by atomic mass is 9.89. The van der Waals surface area contributed by atoms with Crippen molar-refractivity contribution in [2.45, 2.75) is 64.5 Å². The first-order valence-electron chi connectivity index (χ1n) is 11.0. The third-order valence-electron chi connectivity index (χ3n) is 5.54. The summed E-state index contributed by atoms with van der Waals surface area (Å²) in [5.74, 6) is 1.48. The van der Waals surface area contributed by atoms with Crippen molar-refractivity contribution in [3.63, 3.8) is 0 Å². The molecule has 6 nitrogen and oxygen atoms in total. The second-order valence-electron chi connectivity index (χ2n) is 8.82. The summed E-state index contributed by atoms with van der Waals surface area (Å²) in [6, 6.07) is 9.41. The standard InChI is InChI=1S/C24H34N2O4S/c1-5-6-16-29-20-9-10-23-21(17-20)22(18-24(2,3)30-23)26(31(4,27)28)15-7-8-19-11-13-25-14-12-19/h9-14,17,22H,5-8,15-16,18H2,1-4H3. The SMILES string of the molecule is CCCCOc1ccc2c(c1)C(N(CCCc1ccncc1)S(C)(=O)=O)CC(C)(C)O2. The minimum atomic E-state index is -3.42. The van der Waals surface area contributed by atoms with E-state index in [0.717, 1.165) is 48.3 Å². The number of aromatic nitrogens is 1. The second-order valence-corrected chi connectivity index (χ2v) is 10.8. The van der Waals surface area contributed by atoms with Gasteiger partial charge in [0.2, 0.25) is 10.0 Å². The molecule has 0 saturated heterocycles. The van der Waals surface area contributed by atoms with Gasteiger partial charge in [-0.1, -0.05) is 13.3 Å². The number of hydrogen-bond donors (Lipinski definition) is 0. The highest BCUT2D eigenvalue weighted by Crippen LogP contribution is 2.44. The largest absolute Gasteiger partial charge is 0.494 e. The van der Waals surface area contributed by atoms with E-state index in [4.69, 9.17) is 9.47 Å². The summed E-state index contributed by atoms with van der Waals surface area (Å²) in [4.78, 5) is 4.05. The average Bonchev–Trinajstić information content (AvgIpc) is 2.70. The van der Waals surface area contributed by atoms with Gasteiger partial charge < -0.3 is 9.47 Å². The zero-order chi connectivity index (χ0) is 22.5. The van der Waals surface area contributed by atoms with Crippen molar-refractivity contribution >= 4 is 10.0 Å². The molecular weight excluding hydrogens is 412 g/mol. The third-order valence-corrected chi connectivity index (χ3v) is 6.83. The molecule has 0 radical (unpaired) electrons. The predicted octanol–water partition coefficient (Wildman–Crippen LogP) is 4.76. The first kappa shape index (κ1) is 23.5. The maximum Gasteiger partial charge on any atom is 0.211 e. The lowest BCUT2D eigenvalue weighted by Gasteiger charge is -2.41. The molecule has 0 amide bonds. The topological polar surface area (TPSA) is 68.7 Å². The Balaban J connectivity index is 1.86. The number of rotatable bonds is 10. The summed E-state index contributed by atoms with van der Waals surface area (Å²) in [5.41, 5.74) is 1.57. The van der Waals surface area contributed by atoms with Gasteiger partial charge in [-0.05, 0) is 69.0 Å². The minimum absolute atomic E-state index is 0.291. The van der Waals surface area contributed by atoms with Crippen LogP contribution in [0.2, 0.25) is 0 Å². The van der Waals surface area contributed by atoms with Gasteiger partial charge >= 0.3 is 0 Å². The van der Waals surface area contributed by atoms with Gasteiger partial charge in [0.25, 0.3) is 0 Å². The van der Waals surface area contributed by atoms with Gasteiger partial charge in [0, 0.05) is 30.9 Å². The normalized spacial score (nSPS) is 17.8. The third kappa shape index (κ3) is 6.43. The Hall–Kier alpha value is -2.12. The molecule has 7 heteroatoms. The van der Waals surface area contributed by atoms with Gasteiger partial charge in [-0.25, -0.2) is 8.42 Å². The van der Waals surface area contributed by atoms with Crippen molar-refractivity contribution in [1.29, 1.82) is 0 Å². The molecule has 0 fully saturated rings. The minimum Gasteiger partial charge on any atom is -0.494 e. The number of pyridine rings is 1. The molecule has 3 rings (SSSR count). The molecule has 1 unspecified atom stereocenters. The molecule has 1 atom stereocenters. The van der Waals surface area contributed by atoms with Gasteiger partial charge in [-0.3, -0.25) is 4.98 Å². The van der Waals surface area contributed by atoms with Gasteiger partial charge in [-0.15, -0.1) is 0 Å². The molecule has 0 aliphatic carbocycles. The molecule has 1 aromatic heterocycles. The highest BCUT2D eigenvalue weighted by Gasteiger charge is 2.40. The summed E-state index contributed by atoms with van der Waals surface area (Å²) >= 11 is 0. The molecule has 0 spiro atoms. The summed E-state index contributed by atoms with van der Waals surface area (Å²) in [6.07, 6.45) is 8.98. The maximum atomic E-state index is 12.8. The Morgan fingerprint density at radius 1 is 1.19 bits per heavy atom. The van der Waals surface area contributed by atoms with Crippen molar-refractivity contribution in [3.05, 3.63) is 53.9 Å². The Morgan fingerprint density at radius 2 is 1.94 bits per heavy atom. The van der Waals surface area contributed by atoms with E-state index in [0.29, 0.717) is 19.6 Å². The molecule has 0 bridgehead atoms. The van der Waals surface area contributed by atoms with Crippen molar-refractivity contribution in [1.82, 2.24) is 9.29 Å². The van der Waals surface area contributed by atoms with Crippen molar-refractivity contribution in [3.8, 4) is 11.5 Å². The van der Waals surface area contributed by atoms with E-state index in [1.807, 2.05) is 44.2 Å². The number of nitrogens with zero attached hydrogens (tertiary/aromatic N) is 2. The second kappa shape index (κ2) is 10.0. The molecule has 1 aliphatic heterocycles. The predicted molar refractivity (Wildman–Crippen MR) is 123 cm³/mol. The number of hydrogen-bond acceptors (Lipinski definition) is 5. The zero-order valence-electron chi connectivity index (χ0n) is 19.0. The molecule has 1 aromatic carbocycles. The number of aryl methyl sites for hydroxylation is 1. The molecular formula is C24H34N2O4S. The highest BCUT2D eigenvalue weighted by atomic mass is 32.2. The molecule has 170 valence electrons. The number of fused-ring (bicyclic) bond motifs is 1. The van der Waals surface area contributed by atoms with E-state index in [2.05, 4.69) is 11.9 Å². The highest BCUT2D eigenvalue weighted by molar-refractivity contribution is 7.88. The fraction of sp³-hybridized carbons (Fsp3) is 0.542. The van der Waals surface area contributed by atoms with E-state index >= 15 is 0 Å². The molecule has 0 saturated carbocycles. The van der Waals surface area contributed by atoms with Crippen LogP contribution < -0.4 is 9.47 Å². The van der Waals surface area contributed by atoms with Crippen LogP contribution in [-0.4, -0.2) is 42.7 Å². The van der Waals surface area contributed by atoms with Gasteiger partial charge in [-0.2, -0.15) is 4.31 Å². The summed E-state index contributed by atoms with van der Waals surface area (Å²) < 4.78 is 39.4. The number of unbranched alkanes of at least 4 members (excludes halogenated alkanes) is 1. The van der Waals surface area contributed by atoms with Crippen LogP contribution in [0, 0.1) is 0 Å². The number of ether oxygens (including phenoxy) is 2. The van der Waals surface area contributed by atoms with Gasteiger partial charge in [0.15, 0.2) is 0 Å². The summed E-state index contributed by atoms with van der Waals surface area (Å²) in [5, 5.41) is 0. The Labute approximate surface area is 186 Å². The summed E-state index contributed by atoms with van der Waals surface area (Å²) in [6.45, 7) is 7.23.